The number of hydrogen-bond acceptors (Lipinski definition) is 5. The lowest BCUT2D eigenvalue weighted by Gasteiger charge is -2.35. The van der Waals surface area contributed by atoms with E-state index < -0.39 is 17.9 Å². The van der Waals surface area contributed by atoms with Crippen LogP contribution in [0.5, 0.6) is 0 Å². The van der Waals surface area contributed by atoms with Gasteiger partial charge in [0, 0.05) is 0 Å². The minimum Gasteiger partial charge on any atom is -0.467 e. The van der Waals surface area contributed by atoms with Crippen molar-refractivity contribution >= 4 is 12.0 Å². The molecule has 0 aromatic heterocycles. The van der Waals surface area contributed by atoms with Crippen LogP contribution in [0.15, 0.2) is 36.4 Å². The molecule has 5 nitrogen and oxygen atoms in total. The van der Waals surface area contributed by atoms with E-state index in [1.807, 2.05) is 30.3 Å². The fourth-order valence-corrected chi connectivity index (χ4v) is 1.83. The molecule has 1 saturated heterocycles. The molecule has 1 N–H and O–H groups in total. The molecule has 1 aromatic rings. The number of esters is 1. The van der Waals surface area contributed by atoms with Crippen LogP contribution in [0.1, 0.15) is 5.56 Å². The fraction of sp³-hybridized carbons (Fsp3) is 0.357. The van der Waals surface area contributed by atoms with Gasteiger partial charge in [0.1, 0.15) is 0 Å². The molecule has 1 aliphatic rings. The van der Waals surface area contributed by atoms with Crippen molar-refractivity contribution in [3.63, 3.8) is 0 Å². The Kier molecular flexibility index (Phi) is 4.31. The molecule has 2 atom stereocenters. The first-order valence-electron chi connectivity index (χ1n) is 5.96. The van der Waals surface area contributed by atoms with Gasteiger partial charge in [-0.15, -0.1) is 0 Å². The first-order valence-corrected chi connectivity index (χ1v) is 5.96. The normalized spacial score (nSPS) is 27.4. The maximum atomic E-state index is 11.6. The van der Waals surface area contributed by atoms with Crippen molar-refractivity contribution in [2.75, 3.05) is 20.3 Å². The van der Waals surface area contributed by atoms with Crippen LogP contribution in [0, 0.1) is 0 Å². The number of ether oxygens (including phenoxy) is 3. The Hall–Kier alpha value is -1.69. The first-order chi connectivity index (χ1) is 9.15. The zero-order valence-corrected chi connectivity index (χ0v) is 10.6. The number of aliphatic hydroxyl groups is 1. The monoisotopic (exact) mass is 264 g/mol. The number of benzene rings is 1. The van der Waals surface area contributed by atoms with Gasteiger partial charge in [0.25, 0.3) is 0 Å². The van der Waals surface area contributed by atoms with Crippen molar-refractivity contribution in [1.29, 1.82) is 0 Å². The predicted molar refractivity (Wildman–Crippen MR) is 68.1 cm³/mol. The van der Waals surface area contributed by atoms with Gasteiger partial charge >= 0.3 is 5.97 Å². The van der Waals surface area contributed by atoms with Gasteiger partial charge in [-0.3, -0.25) is 0 Å². The number of carbonyl (C=O) groups is 1. The van der Waals surface area contributed by atoms with E-state index in [-0.39, 0.29) is 13.2 Å². The Morgan fingerprint density at radius 1 is 1.42 bits per heavy atom. The second kappa shape index (κ2) is 5.97. The third-order valence-electron chi connectivity index (χ3n) is 2.81. The quantitative estimate of drug-likeness (QED) is 0.824. The van der Waals surface area contributed by atoms with E-state index in [1.54, 1.807) is 6.08 Å². The van der Waals surface area contributed by atoms with Gasteiger partial charge in [-0.25, -0.2) is 4.79 Å². The molecular formula is C14H16O5. The average molecular weight is 264 g/mol. The molecule has 0 spiro atoms. The van der Waals surface area contributed by atoms with Gasteiger partial charge in [-0.1, -0.05) is 36.4 Å². The summed E-state index contributed by atoms with van der Waals surface area (Å²) in [5, 5.41) is 10.4. The summed E-state index contributed by atoms with van der Waals surface area (Å²) in [4.78, 5) is 11.6. The van der Waals surface area contributed by atoms with Gasteiger partial charge in [0.2, 0.25) is 11.9 Å². The maximum absolute atomic E-state index is 11.6. The SMILES string of the molecule is COC(=O)C1OCCOC1(O)/C=C/c1ccccc1. The molecule has 0 amide bonds. The highest BCUT2D eigenvalue weighted by molar-refractivity contribution is 5.76. The summed E-state index contributed by atoms with van der Waals surface area (Å²) in [5.74, 6) is -2.47. The van der Waals surface area contributed by atoms with Crippen LogP contribution in [0.3, 0.4) is 0 Å². The standard InChI is InChI=1S/C14H16O5/c1-17-13(15)12-14(16,19-10-9-18-12)8-7-11-5-3-2-4-6-11/h2-8,12,16H,9-10H2,1H3/b8-7+. The predicted octanol–water partition coefficient (Wildman–Crippen LogP) is 0.977. The van der Waals surface area contributed by atoms with E-state index >= 15 is 0 Å². The van der Waals surface area contributed by atoms with Gasteiger partial charge < -0.3 is 19.3 Å². The number of methoxy groups -OCH3 is 1. The highest BCUT2D eigenvalue weighted by Gasteiger charge is 2.45. The lowest BCUT2D eigenvalue weighted by atomic mass is 10.1. The van der Waals surface area contributed by atoms with Crippen molar-refractivity contribution in [3.8, 4) is 0 Å². The van der Waals surface area contributed by atoms with Crippen molar-refractivity contribution in [2.45, 2.75) is 11.9 Å². The summed E-state index contributed by atoms with van der Waals surface area (Å²) >= 11 is 0. The Morgan fingerprint density at radius 2 is 2.16 bits per heavy atom. The van der Waals surface area contributed by atoms with Crippen LogP contribution < -0.4 is 0 Å². The van der Waals surface area contributed by atoms with E-state index in [2.05, 4.69) is 4.74 Å². The topological polar surface area (TPSA) is 65.0 Å². The van der Waals surface area contributed by atoms with Crippen LogP contribution in [-0.2, 0) is 19.0 Å². The molecule has 2 unspecified atom stereocenters. The Morgan fingerprint density at radius 3 is 2.84 bits per heavy atom. The second-order valence-corrected chi connectivity index (χ2v) is 4.12. The summed E-state index contributed by atoms with van der Waals surface area (Å²) < 4.78 is 15.1. The highest BCUT2D eigenvalue weighted by atomic mass is 16.7. The van der Waals surface area contributed by atoms with E-state index in [1.165, 1.54) is 13.2 Å². The summed E-state index contributed by atoms with van der Waals surface area (Å²) in [6, 6.07) is 9.39. The molecule has 1 fully saturated rings. The summed E-state index contributed by atoms with van der Waals surface area (Å²) in [6.45, 7) is 0.449. The number of carbonyl (C=O) groups excluding carboxylic acids is 1. The molecular weight excluding hydrogens is 248 g/mol. The molecule has 19 heavy (non-hydrogen) atoms. The van der Waals surface area contributed by atoms with Crippen molar-refractivity contribution in [3.05, 3.63) is 42.0 Å². The third kappa shape index (κ3) is 3.20. The molecule has 1 heterocycles. The van der Waals surface area contributed by atoms with Crippen molar-refractivity contribution in [1.82, 2.24) is 0 Å². The van der Waals surface area contributed by atoms with E-state index in [4.69, 9.17) is 9.47 Å². The van der Waals surface area contributed by atoms with Gasteiger partial charge in [0.15, 0.2) is 0 Å². The first kappa shape index (κ1) is 13.7. The molecule has 1 aromatic carbocycles. The van der Waals surface area contributed by atoms with Crippen LogP contribution >= 0.6 is 0 Å². The highest BCUT2D eigenvalue weighted by Crippen LogP contribution is 2.24. The van der Waals surface area contributed by atoms with Crippen LogP contribution in [0.2, 0.25) is 0 Å². The average Bonchev–Trinajstić information content (AvgIpc) is 2.46. The minimum atomic E-state index is -1.80. The summed E-state index contributed by atoms with van der Waals surface area (Å²) in [6.07, 6.45) is 1.90. The van der Waals surface area contributed by atoms with E-state index in [0.29, 0.717) is 0 Å². The Labute approximate surface area is 111 Å². The third-order valence-corrected chi connectivity index (χ3v) is 2.81. The summed E-state index contributed by atoms with van der Waals surface area (Å²) in [5.41, 5.74) is 0.883. The zero-order chi connectivity index (χ0) is 13.7. The van der Waals surface area contributed by atoms with Gasteiger partial charge in [0.05, 0.1) is 20.3 Å². The van der Waals surface area contributed by atoms with Crippen molar-refractivity contribution < 1.29 is 24.1 Å². The second-order valence-electron chi connectivity index (χ2n) is 4.12. The lowest BCUT2D eigenvalue weighted by molar-refractivity contribution is -0.275. The minimum absolute atomic E-state index is 0.211. The van der Waals surface area contributed by atoms with Crippen LogP contribution in [-0.4, -0.2) is 43.3 Å². The molecule has 102 valence electrons. The molecule has 5 heteroatoms. The van der Waals surface area contributed by atoms with Crippen LogP contribution in [0.4, 0.5) is 0 Å². The lowest BCUT2D eigenvalue weighted by Crippen LogP contribution is -2.54. The fourth-order valence-electron chi connectivity index (χ4n) is 1.83. The maximum Gasteiger partial charge on any atom is 0.341 e. The Balaban J connectivity index is 2.18. The van der Waals surface area contributed by atoms with Crippen molar-refractivity contribution in [2.24, 2.45) is 0 Å². The molecule has 0 aliphatic carbocycles. The van der Waals surface area contributed by atoms with Crippen LogP contribution in [0.25, 0.3) is 6.08 Å². The Bertz CT molecular complexity index is 456. The molecule has 1 aliphatic heterocycles. The molecule has 0 radical (unpaired) electrons. The zero-order valence-electron chi connectivity index (χ0n) is 10.6. The number of rotatable bonds is 3. The smallest absolute Gasteiger partial charge is 0.341 e. The summed E-state index contributed by atoms with van der Waals surface area (Å²) in [7, 11) is 1.24. The van der Waals surface area contributed by atoms with E-state index in [0.717, 1.165) is 5.56 Å². The molecule has 0 bridgehead atoms. The van der Waals surface area contributed by atoms with E-state index in [9.17, 15) is 9.90 Å². The number of hydrogen-bond donors (Lipinski definition) is 1. The molecule has 2 rings (SSSR count). The molecule has 0 saturated carbocycles. The largest absolute Gasteiger partial charge is 0.467 e. The van der Waals surface area contributed by atoms with Gasteiger partial charge in [-0.05, 0) is 11.6 Å². The van der Waals surface area contributed by atoms with Gasteiger partial charge in [-0.2, -0.15) is 0 Å².